The predicted molar refractivity (Wildman–Crippen MR) is 72.5 cm³/mol. The zero-order valence-electron chi connectivity index (χ0n) is 10.6. The molecule has 2 aromatic carbocycles. The van der Waals surface area contributed by atoms with Crippen LogP contribution in [0.3, 0.4) is 0 Å². The van der Waals surface area contributed by atoms with Gasteiger partial charge in [-0.25, -0.2) is 0 Å². The van der Waals surface area contributed by atoms with Gasteiger partial charge in [-0.1, -0.05) is 24.3 Å². The third kappa shape index (κ3) is 1.55. The smallest absolute Gasteiger partial charge is 0.160 e. The minimum Gasteiger partial charge on any atom is -0.496 e. The summed E-state index contributed by atoms with van der Waals surface area (Å²) in [5, 5.41) is 3.74. The molecule has 0 fully saturated rings. The maximum absolute atomic E-state index is 8.01. The normalized spacial score (nSPS) is 19.3. The number of rotatable bonds is 2. The number of halogens is 1. The van der Waals surface area contributed by atoms with E-state index in [1.807, 2.05) is 24.3 Å². The second kappa shape index (κ2) is 4.11. The van der Waals surface area contributed by atoms with Crippen LogP contribution in [0.1, 0.15) is 11.5 Å². The number of hydrogen-bond acceptors (Lipinski definition) is 2. The van der Waals surface area contributed by atoms with Crippen LogP contribution in [-0.4, -0.2) is 19.5 Å². The van der Waals surface area contributed by atoms with E-state index < -0.39 is 0 Å². The van der Waals surface area contributed by atoms with E-state index >= 15 is 0 Å². The standard InChI is InChI=1S/C14H14ClNO/c1-17-13-6-12-14(9(7-15)8-16-12)11-5-3-2-4-10(11)13/h2-6,9,16H,7-8H2,1H3/i/hT. The van der Waals surface area contributed by atoms with Gasteiger partial charge in [0.05, 0.1) is 7.11 Å². The monoisotopic (exact) mass is 249 g/mol. The Hall–Kier alpha value is -1.41. The lowest BCUT2D eigenvalue weighted by Crippen LogP contribution is -2.02. The molecule has 0 saturated carbocycles. The van der Waals surface area contributed by atoms with Gasteiger partial charge in [0.25, 0.3) is 0 Å². The molecule has 0 aliphatic carbocycles. The summed E-state index contributed by atoms with van der Waals surface area (Å²) in [7, 11) is 1.66. The molecule has 1 aliphatic heterocycles. The van der Waals surface area contributed by atoms with Gasteiger partial charge in [-0.05, 0) is 10.9 Å². The van der Waals surface area contributed by atoms with E-state index in [0.717, 1.165) is 22.2 Å². The highest BCUT2D eigenvalue weighted by molar-refractivity contribution is 6.18. The van der Waals surface area contributed by atoms with Crippen LogP contribution in [0.25, 0.3) is 10.8 Å². The summed E-state index contributed by atoms with van der Waals surface area (Å²) in [6, 6.07) is 10.1. The Morgan fingerprint density at radius 3 is 2.94 bits per heavy atom. The number of ether oxygens (including phenoxy) is 1. The number of alkyl halides is 1. The van der Waals surface area contributed by atoms with Gasteiger partial charge in [0, 0.05) is 35.5 Å². The number of methoxy groups -OCH3 is 1. The van der Waals surface area contributed by atoms with E-state index in [0.29, 0.717) is 12.4 Å². The van der Waals surface area contributed by atoms with Crippen LogP contribution in [0, 0.1) is 0 Å². The average Bonchev–Trinajstić information content (AvgIpc) is 2.74. The van der Waals surface area contributed by atoms with Crippen molar-refractivity contribution >= 4 is 28.1 Å². The first-order valence-corrected chi connectivity index (χ1v) is 6.21. The van der Waals surface area contributed by atoms with Crippen molar-refractivity contribution in [1.29, 1.82) is 0 Å². The largest absolute Gasteiger partial charge is 0.496 e. The summed E-state index contributed by atoms with van der Waals surface area (Å²) in [5.41, 5.74) is 2.09. The van der Waals surface area contributed by atoms with Gasteiger partial charge < -0.3 is 10.0 Å². The Bertz CT molecular complexity index is 602. The number of benzene rings is 2. The minimum atomic E-state index is 0.218. The molecule has 3 heteroatoms. The van der Waals surface area contributed by atoms with Gasteiger partial charge >= 0.3 is 0 Å². The van der Waals surface area contributed by atoms with E-state index in [4.69, 9.17) is 17.7 Å². The fourth-order valence-corrected chi connectivity index (χ4v) is 2.76. The van der Waals surface area contributed by atoms with Gasteiger partial charge in [0.1, 0.15) is 5.75 Å². The topological polar surface area (TPSA) is 21.3 Å². The van der Waals surface area contributed by atoms with Crippen LogP contribution in [0.5, 0.6) is 5.75 Å². The second-order valence-corrected chi connectivity index (χ2v) is 4.56. The van der Waals surface area contributed by atoms with Gasteiger partial charge in [0.15, 0.2) is 1.41 Å². The molecule has 0 aromatic heterocycles. The number of fused-ring (bicyclic) bond motifs is 3. The fourth-order valence-electron chi connectivity index (χ4n) is 2.51. The molecule has 17 heavy (non-hydrogen) atoms. The molecule has 3 rings (SSSR count). The van der Waals surface area contributed by atoms with Crippen molar-refractivity contribution in [2.75, 3.05) is 24.8 Å². The Labute approximate surface area is 107 Å². The molecule has 2 aromatic rings. The molecule has 1 atom stereocenters. The Morgan fingerprint density at radius 2 is 2.24 bits per heavy atom. The molecule has 0 saturated heterocycles. The maximum Gasteiger partial charge on any atom is 0.160 e. The molecule has 1 unspecified atom stereocenters. The van der Waals surface area contributed by atoms with Crippen molar-refractivity contribution in [3.63, 3.8) is 0 Å². The van der Waals surface area contributed by atoms with Gasteiger partial charge in [-0.2, -0.15) is 0 Å². The first-order chi connectivity index (χ1) is 8.76. The summed E-state index contributed by atoms with van der Waals surface area (Å²) in [5.74, 6) is 1.57. The first kappa shape index (κ1) is 9.60. The van der Waals surface area contributed by atoms with E-state index in [9.17, 15) is 0 Å². The van der Waals surface area contributed by atoms with Crippen LogP contribution >= 0.6 is 11.6 Å². The second-order valence-electron chi connectivity index (χ2n) is 4.25. The van der Waals surface area contributed by atoms with Crippen molar-refractivity contribution in [3.8, 4) is 5.75 Å². The summed E-state index contributed by atoms with van der Waals surface area (Å²) in [6.07, 6.45) is 0. The third-order valence-electron chi connectivity index (χ3n) is 3.32. The molecule has 2 nitrogen and oxygen atoms in total. The van der Waals surface area contributed by atoms with Crippen molar-refractivity contribution in [1.82, 2.24) is 0 Å². The molecule has 88 valence electrons. The molecule has 0 spiro atoms. The molecule has 0 amide bonds. The van der Waals surface area contributed by atoms with Crippen molar-refractivity contribution in [3.05, 3.63) is 35.9 Å². The molecular weight excluding hydrogens is 234 g/mol. The van der Waals surface area contributed by atoms with Crippen LogP contribution in [0.15, 0.2) is 30.3 Å². The zero-order valence-corrected chi connectivity index (χ0v) is 10.4. The molecule has 1 N–H and O–H groups in total. The van der Waals surface area contributed by atoms with E-state index in [-0.39, 0.29) is 5.92 Å². The highest BCUT2D eigenvalue weighted by Crippen LogP contribution is 2.42. The van der Waals surface area contributed by atoms with Crippen LogP contribution in [0.2, 0.25) is 1.41 Å². The Balaban J connectivity index is 2.36. The van der Waals surface area contributed by atoms with E-state index in [1.165, 1.54) is 10.9 Å². The van der Waals surface area contributed by atoms with Gasteiger partial charge in [-0.3, -0.25) is 0 Å². The van der Waals surface area contributed by atoms with Crippen molar-refractivity contribution in [2.24, 2.45) is 0 Å². The molecule has 1 heterocycles. The number of nitrogens with one attached hydrogen (secondary N) is 1. The highest BCUT2D eigenvalue weighted by atomic mass is 35.5. The van der Waals surface area contributed by atoms with E-state index in [1.54, 1.807) is 7.11 Å². The lowest BCUT2D eigenvalue weighted by Gasteiger charge is -2.12. The summed E-state index contributed by atoms with van der Waals surface area (Å²) >= 11 is 6.03. The van der Waals surface area contributed by atoms with Crippen LogP contribution in [-0.2, 0) is 0 Å². The lowest BCUT2D eigenvalue weighted by atomic mass is 9.95. The summed E-state index contributed by atoms with van der Waals surface area (Å²) in [4.78, 5) is 0. The first-order valence-electron chi connectivity index (χ1n) is 6.13. The molecular formula is C14H14ClNO. The maximum atomic E-state index is 8.01. The number of anilines is 1. The van der Waals surface area contributed by atoms with Gasteiger partial charge in [0.2, 0.25) is 0 Å². The molecule has 0 radical (unpaired) electrons. The number of hydrogen-bond donors (Lipinski definition) is 1. The average molecular weight is 250 g/mol. The Morgan fingerprint density at radius 1 is 1.47 bits per heavy atom. The SMILES string of the molecule is [3H]N1CC(CCl)c2c1cc(OC)c1ccccc21. The van der Waals surface area contributed by atoms with Crippen molar-refractivity contribution < 1.29 is 6.15 Å². The predicted octanol–water partition coefficient (Wildman–Crippen LogP) is 3.60. The van der Waals surface area contributed by atoms with Gasteiger partial charge in [-0.15, -0.1) is 11.6 Å². The Kier molecular flexibility index (Phi) is 2.32. The lowest BCUT2D eigenvalue weighted by molar-refractivity contribution is 0.420. The van der Waals surface area contributed by atoms with Crippen LogP contribution < -0.4 is 10.0 Å². The molecule has 1 aliphatic rings. The molecule has 0 bridgehead atoms. The van der Waals surface area contributed by atoms with Crippen molar-refractivity contribution in [2.45, 2.75) is 5.92 Å². The van der Waals surface area contributed by atoms with Crippen LogP contribution in [0.4, 0.5) is 5.69 Å². The highest BCUT2D eigenvalue weighted by Gasteiger charge is 2.25. The summed E-state index contributed by atoms with van der Waals surface area (Å²) in [6.45, 7) is 0.649. The fraction of sp³-hybridized carbons (Fsp3) is 0.286. The van der Waals surface area contributed by atoms with E-state index in [2.05, 4.69) is 6.07 Å². The quantitative estimate of drug-likeness (QED) is 0.822. The third-order valence-corrected chi connectivity index (χ3v) is 3.70. The zero-order chi connectivity index (χ0) is 12.7. The summed E-state index contributed by atoms with van der Waals surface area (Å²) < 4.78 is 13.4. The minimum absolute atomic E-state index is 0.218.